The Labute approximate surface area is 186 Å². The highest BCUT2D eigenvalue weighted by atomic mass is 32.2. The number of benzene rings is 2. The van der Waals surface area contributed by atoms with E-state index in [0.29, 0.717) is 30.2 Å². The maximum Gasteiger partial charge on any atom is 0.231 e. The van der Waals surface area contributed by atoms with E-state index >= 15 is 0 Å². The summed E-state index contributed by atoms with van der Waals surface area (Å²) >= 11 is 0. The molecule has 1 atom stereocenters. The first-order valence-electron chi connectivity index (χ1n) is 10.8. The summed E-state index contributed by atoms with van der Waals surface area (Å²) in [5.74, 6) is 0.564. The second kappa shape index (κ2) is 7.08. The smallest absolute Gasteiger partial charge is 0.231 e. The maximum atomic E-state index is 14.2. The van der Waals surface area contributed by atoms with Crippen LogP contribution in [0.25, 0.3) is 11.1 Å². The van der Waals surface area contributed by atoms with Crippen LogP contribution in [-0.2, 0) is 15.3 Å². The molecule has 1 spiro atoms. The van der Waals surface area contributed by atoms with E-state index in [9.17, 15) is 12.8 Å². The van der Waals surface area contributed by atoms with Crippen LogP contribution in [0.3, 0.4) is 0 Å². The maximum absolute atomic E-state index is 14.2. The molecule has 1 unspecified atom stereocenters. The first-order valence-corrected chi connectivity index (χ1v) is 12.6. The van der Waals surface area contributed by atoms with E-state index in [2.05, 4.69) is 31.9 Å². The molecule has 1 aromatic heterocycles. The molecule has 2 aromatic carbocycles. The number of anilines is 2. The summed E-state index contributed by atoms with van der Waals surface area (Å²) in [6, 6.07) is 15.8. The first-order chi connectivity index (χ1) is 15.5. The molecule has 32 heavy (non-hydrogen) atoms. The second-order valence-corrected chi connectivity index (χ2v) is 11.1. The van der Waals surface area contributed by atoms with Gasteiger partial charge in [0.25, 0.3) is 0 Å². The van der Waals surface area contributed by atoms with Crippen molar-refractivity contribution in [3.05, 3.63) is 72.3 Å². The average molecular weight is 450 g/mol. The van der Waals surface area contributed by atoms with E-state index in [0.717, 1.165) is 18.5 Å². The number of hydrogen-bond acceptors (Lipinski definition) is 6. The predicted molar refractivity (Wildman–Crippen MR) is 120 cm³/mol. The van der Waals surface area contributed by atoms with Crippen LogP contribution in [0.5, 0.6) is 0 Å². The van der Waals surface area contributed by atoms with Gasteiger partial charge in [0, 0.05) is 42.0 Å². The molecular formula is C24H22FN4O2S. The van der Waals surface area contributed by atoms with Crippen LogP contribution >= 0.6 is 0 Å². The van der Waals surface area contributed by atoms with Gasteiger partial charge in [-0.25, -0.2) is 22.8 Å². The van der Waals surface area contributed by atoms with Crippen LogP contribution in [0, 0.1) is 11.9 Å². The van der Waals surface area contributed by atoms with Crippen molar-refractivity contribution in [2.75, 3.05) is 29.5 Å². The highest BCUT2D eigenvalue weighted by Gasteiger charge is 2.61. The molecule has 6 rings (SSSR count). The van der Waals surface area contributed by atoms with E-state index in [1.165, 1.54) is 11.6 Å². The number of nitrogens with zero attached hydrogens (tertiary/aromatic N) is 4. The Morgan fingerprint density at radius 1 is 1.06 bits per heavy atom. The normalized spacial score (nSPS) is 23.3. The van der Waals surface area contributed by atoms with E-state index in [4.69, 9.17) is 0 Å². The third-order valence-corrected chi connectivity index (χ3v) is 8.54. The molecule has 1 radical (unpaired) electrons. The van der Waals surface area contributed by atoms with Crippen LogP contribution in [0.4, 0.5) is 16.0 Å². The zero-order valence-corrected chi connectivity index (χ0v) is 18.2. The highest BCUT2D eigenvalue weighted by Crippen LogP contribution is 2.62. The molecule has 2 aliphatic heterocycles. The van der Waals surface area contributed by atoms with Gasteiger partial charge in [0.15, 0.2) is 9.84 Å². The standard InChI is InChI=1S/C24H22FN4O2S/c25-20-7-3-1-5-18(20)17-15-26-23(27-16-17)29-21-8-4-2-6-19(21)24(9-10-24)22(29)28-11-13-32(30,31)14-12-28/h1-3,5-8,15-16,22H,9-14H2. The zero-order chi connectivity index (χ0) is 21.9. The van der Waals surface area contributed by atoms with Gasteiger partial charge in [-0.15, -0.1) is 0 Å². The SMILES string of the molecule is O=S1(=O)CCN(C2N(c3ncc(-c4ccccc4F)cn3)c3c[c]ccc3C23CC3)CC1. The Balaban J connectivity index is 1.41. The minimum absolute atomic E-state index is 0.0388. The highest BCUT2D eigenvalue weighted by molar-refractivity contribution is 7.91. The molecule has 6 nitrogen and oxygen atoms in total. The van der Waals surface area contributed by atoms with E-state index < -0.39 is 9.84 Å². The molecule has 0 bridgehead atoms. The van der Waals surface area contributed by atoms with Crippen molar-refractivity contribution in [1.29, 1.82) is 0 Å². The minimum Gasteiger partial charge on any atom is -0.293 e. The van der Waals surface area contributed by atoms with Crippen LogP contribution in [0.1, 0.15) is 18.4 Å². The largest absolute Gasteiger partial charge is 0.293 e. The quantitative estimate of drug-likeness (QED) is 0.611. The molecule has 3 heterocycles. The predicted octanol–water partition coefficient (Wildman–Crippen LogP) is 3.32. The van der Waals surface area contributed by atoms with Crippen molar-refractivity contribution in [2.24, 2.45) is 0 Å². The topological polar surface area (TPSA) is 66.4 Å². The van der Waals surface area contributed by atoms with Crippen LogP contribution in [0.15, 0.2) is 54.9 Å². The van der Waals surface area contributed by atoms with Crippen molar-refractivity contribution < 1.29 is 12.8 Å². The number of rotatable bonds is 3. The van der Waals surface area contributed by atoms with Gasteiger partial charge in [-0.2, -0.15) is 0 Å². The molecule has 2 fully saturated rings. The van der Waals surface area contributed by atoms with Gasteiger partial charge in [0.05, 0.1) is 23.4 Å². The Hall–Kier alpha value is -2.84. The van der Waals surface area contributed by atoms with Gasteiger partial charge < -0.3 is 0 Å². The lowest BCUT2D eigenvalue weighted by molar-refractivity contribution is 0.186. The lowest BCUT2D eigenvalue weighted by Gasteiger charge is -2.40. The molecule has 0 amide bonds. The number of halogens is 1. The van der Waals surface area contributed by atoms with E-state index in [-0.39, 0.29) is 28.9 Å². The lowest BCUT2D eigenvalue weighted by atomic mass is 9.95. The second-order valence-electron chi connectivity index (χ2n) is 8.78. The van der Waals surface area contributed by atoms with Gasteiger partial charge >= 0.3 is 0 Å². The van der Waals surface area contributed by atoms with Crippen LogP contribution in [0.2, 0.25) is 0 Å². The Morgan fingerprint density at radius 3 is 2.47 bits per heavy atom. The lowest BCUT2D eigenvalue weighted by Crippen LogP contribution is -2.55. The van der Waals surface area contributed by atoms with Crippen LogP contribution < -0.4 is 4.90 Å². The number of hydrogen-bond donors (Lipinski definition) is 0. The van der Waals surface area contributed by atoms with Crippen LogP contribution in [-0.4, -0.2) is 54.0 Å². The van der Waals surface area contributed by atoms with Crippen molar-refractivity contribution in [3.8, 4) is 11.1 Å². The number of sulfone groups is 1. The van der Waals surface area contributed by atoms with Crippen molar-refractivity contribution in [3.63, 3.8) is 0 Å². The Morgan fingerprint density at radius 2 is 1.78 bits per heavy atom. The molecule has 1 aliphatic carbocycles. The van der Waals surface area contributed by atoms with Crippen molar-refractivity contribution in [1.82, 2.24) is 14.9 Å². The van der Waals surface area contributed by atoms with Crippen molar-refractivity contribution in [2.45, 2.75) is 24.4 Å². The van der Waals surface area contributed by atoms with E-state index in [1.54, 1.807) is 30.6 Å². The van der Waals surface area contributed by atoms with Gasteiger partial charge in [-0.05, 0) is 36.6 Å². The summed E-state index contributed by atoms with van der Waals surface area (Å²) in [5, 5.41) is 0. The average Bonchev–Trinajstić information content (AvgIpc) is 3.54. The Kier molecular flexibility index (Phi) is 4.39. The molecule has 163 valence electrons. The fourth-order valence-electron chi connectivity index (χ4n) is 5.20. The molecule has 3 aliphatic rings. The summed E-state index contributed by atoms with van der Waals surface area (Å²) < 4.78 is 38.3. The summed E-state index contributed by atoms with van der Waals surface area (Å²) in [4.78, 5) is 13.7. The summed E-state index contributed by atoms with van der Waals surface area (Å²) in [6.07, 6.45) is 5.36. The molecular weight excluding hydrogens is 427 g/mol. The molecule has 8 heteroatoms. The third kappa shape index (κ3) is 3.04. The van der Waals surface area contributed by atoms with Gasteiger partial charge in [0.2, 0.25) is 5.95 Å². The molecule has 3 aromatic rings. The summed E-state index contributed by atoms with van der Waals surface area (Å²) in [7, 11) is -2.99. The minimum atomic E-state index is -2.99. The molecule has 1 saturated heterocycles. The summed E-state index contributed by atoms with van der Waals surface area (Å²) in [5.41, 5.74) is 3.30. The third-order valence-electron chi connectivity index (χ3n) is 6.93. The summed E-state index contributed by atoms with van der Waals surface area (Å²) in [6.45, 7) is 0.993. The first kappa shape index (κ1) is 19.8. The van der Waals surface area contributed by atoms with Gasteiger partial charge in [-0.1, -0.05) is 30.3 Å². The van der Waals surface area contributed by atoms with Gasteiger partial charge in [0.1, 0.15) is 5.82 Å². The van der Waals surface area contributed by atoms with Gasteiger partial charge in [-0.3, -0.25) is 9.80 Å². The monoisotopic (exact) mass is 449 g/mol. The number of fused-ring (bicyclic) bond motifs is 2. The Bertz CT molecular complexity index is 1280. The fourth-order valence-corrected chi connectivity index (χ4v) is 6.43. The fraction of sp³-hybridized carbons (Fsp3) is 0.333. The zero-order valence-electron chi connectivity index (χ0n) is 17.4. The molecule has 0 N–H and O–H groups in total. The van der Waals surface area contributed by atoms with Crippen molar-refractivity contribution >= 4 is 21.5 Å². The number of aromatic nitrogens is 2. The molecule has 1 saturated carbocycles. The van der Waals surface area contributed by atoms with E-state index in [1.807, 2.05) is 12.1 Å².